The van der Waals surface area contributed by atoms with Crippen LogP contribution < -0.4 is 4.87 Å². The van der Waals surface area contributed by atoms with Crippen molar-refractivity contribution in [1.82, 2.24) is 4.57 Å². The quantitative estimate of drug-likeness (QED) is 0.796. The summed E-state index contributed by atoms with van der Waals surface area (Å²) in [6.45, 7) is 11.2. The van der Waals surface area contributed by atoms with Gasteiger partial charge in [0, 0.05) is 10.6 Å². The molecule has 0 radical (unpaired) electrons. The lowest BCUT2D eigenvalue weighted by Gasteiger charge is -2.19. The van der Waals surface area contributed by atoms with Gasteiger partial charge >= 0.3 is 4.87 Å². The molecule has 86 valence electrons. The van der Waals surface area contributed by atoms with E-state index in [1.54, 1.807) is 4.57 Å². The zero-order valence-corrected chi connectivity index (χ0v) is 10.9. The number of hydrogen-bond donors (Lipinski definition) is 0. The first-order valence-corrected chi connectivity index (χ1v) is 5.94. The van der Waals surface area contributed by atoms with E-state index in [1.165, 1.54) is 11.3 Å². The normalized spacial score (nSPS) is 12.1. The molecule has 1 rings (SSSR count). The summed E-state index contributed by atoms with van der Waals surface area (Å²) in [5.41, 5.74) is 0.922. The highest BCUT2D eigenvalue weighted by atomic mass is 32.1. The number of thiazole rings is 1. The van der Waals surface area contributed by atoms with Crippen LogP contribution in [0, 0.1) is 13.8 Å². The van der Waals surface area contributed by atoms with Crippen molar-refractivity contribution in [3.63, 3.8) is 0 Å². The van der Waals surface area contributed by atoms with E-state index in [2.05, 4.69) is 0 Å². The van der Waals surface area contributed by atoms with Crippen molar-refractivity contribution >= 4 is 11.3 Å². The Labute approximate surface area is 94.7 Å². The number of hydrogen-bond acceptors (Lipinski definition) is 3. The summed E-state index contributed by atoms with van der Waals surface area (Å²) >= 11 is 1.31. The first-order chi connectivity index (χ1) is 6.81. The molecule has 0 spiro atoms. The zero-order valence-electron chi connectivity index (χ0n) is 10.1. The Morgan fingerprint density at radius 3 is 2.33 bits per heavy atom. The second-order valence-electron chi connectivity index (χ2n) is 4.62. The summed E-state index contributed by atoms with van der Waals surface area (Å²) in [5, 5.41) is 0. The van der Waals surface area contributed by atoms with E-state index in [-0.39, 0.29) is 10.5 Å². The maximum Gasteiger partial charge on any atom is 0.307 e. The molecule has 0 atom stereocenters. The summed E-state index contributed by atoms with van der Waals surface area (Å²) in [4.78, 5) is 12.7. The second-order valence-corrected chi connectivity index (χ2v) is 5.79. The van der Waals surface area contributed by atoms with E-state index >= 15 is 0 Å². The Hall–Kier alpha value is -0.610. The molecular formula is C11H19NO2S. The molecule has 0 aliphatic heterocycles. The molecule has 0 N–H and O–H groups in total. The molecule has 3 nitrogen and oxygen atoms in total. The van der Waals surface area contributed by atoms with Crippen molar-refractivity contribution in [2.45, 2.75) is 46.8 Å². The van der Waals surface area contributed by atoms with E-state index in [9.17, 15) is 4.79 Å². The highest BCUT2D eigenvalue weighted by Gasteiger charge is 2.11. The molecular weight excluding hydrogens is 210 g/mol. The Kier molecular flexibility index (Phi) is 3.73. The molecule has 1 aromatic heterocycles. The molecule has 0 bridgehead atoms. The first-order valence-electron chi connectivity index (χ1n) is 5.12. The van der Waals surface area contributed by atoms with E-state index < -0.39 is 0 Å². The van der Waals surface area contributed by atoms with Crippen LogP contribution in [-0.2, 0) is 11.3 Å². The van der Waals surface area contributed by atoms with Gasteiger partial charge in [0.25, 0.3) is 0 Å². The summed E-state index contributed by atoms with van der Waals surface area (Å²) in [6, 6.07) is 0. The van der Waals surface area contributed by atoms with Gasteiger partial charge in [0.2, 0.25) is 0 Å². The highest BCUT2D eigenvalue weighted by molar-refractivity contribution is 7.09. The zero-order chi connectivity index (χ0) is 11.6. The van der Waals surface area contributed by atoms with Crippen molar-refractivity contribution in [2.75, 3.05) is 6.61 Å². The lowest BCUT2D eigenvalue weighted by Crippen LogP contribution is -2.24. The SMILES string of the molecule is Cc1sc(=O)n(CCOC(C)(C)C)c1C. The maximum atomic E-state index is 11.5. The molecule has 0 unspecified atom stereocenters. The number of aromatic nitrogens is 1. The van der Waals surface area contributed by atoms with Crippen LogP contribution in [0.15, 0.2) is 4.79 Å². The molecule has 1 heterocycles. The van der Waals surface area contributed by atoms with Crippen LogP contribution in [-0.4, -0.2) is 16.8 Å². The van der Waals surface area contributed by atoms with Gasteiger partial charge in [-0.2, -0.15) is 0 Å². The van der Waals surface area contributed by atoms with Crippen molar-refractivity contribution in [1.29, 1.82) is 0 Å². The van der Waals surface area contributed by atoms with Gasteiger partial charge in [0.1, 0.15) is 0 Å². The van der Waals surface area contributed by atoms with Crippen LogP contribution >= 0.6 is 11.3 Å². The molecule has 0 amide bonds. The van der Waals surface area contributed by atoms with Crippen LogP contribution in [0.2, 0.25) is 0 Å². The van der Waals surface area contributed by atoms with Gasteiger partial charge in [-0.05, 0) is 34.6 Å². The minimum atomic E-state index is -0.136. The van der Waals surface area contributed by atoms with Crippen molar-refractivity contribution < 1.29 is 4.74 Å². The Balaban J connectivity index is 2.62. The van der Waals surface area contributed by atoms with Gasteiger partial charge in [0.15, 0.2) is 0 Å². The maximum absolute atomic E-state index is 11.5. The molecule has 1 aromatic rings. The van der Waals surface area contributed by atoms with Crippen molar-refractivity contribution in [3.05, 3.63) is 20.2 Å². The lowest BCUT2D eigenvalue weighted by molar-refractivity contribution is -0.00716. The summed E-state index contributed by atoms with van der Waals surface area (Å²) in [5.74, 6) is 0. The average molecular weight is 229 g/mol. The Morgan fingerprint density at radius 1 is 1.33 bits per heavy atom. The molecule has 4 heteroatoms. The number of aryl methyl sites for hydroxylation is 1. The molecule has 0 saturated carbocycles. The first kappa shape index (κ1) is 12.5. The third-order valence-corrected chi connectivity index (χ3v) is 3.22. The summed E-state index contributed by atoms with van der Waals surface area (Å²) in [6.07, 6.45) is 0. The molecule has 0 fully saturated rings. The van der Waals surface area contributed by atoms with Crippen LogP contribution in [0.3, 0.4) is 0 Å². The molecule has 0 aromatic carbocycles. The lowest BCUT2D eigenvalue weighted by atomic mass is 10.2. The fraction of sp³-hybridized carbons (Fsp3) is 0.727. The number of ether oxygens (including phenoxy) is 1. The predicted octanol–water partition coefficient (Wildman–Crippen LogP) is 2.34. The van der Waals surface area contributed by atoms with Gasteiger partial charge in [-0.3, -0.25) is 4.79 Å². The number of rotatable bonds is 3. The van der Waals surface area contributed by atoms with Crippen molar-refractivity contribution in [3.8, 4) is 0 Å². The molecule has 0 aliphatic rings. The largest absolute Gasteiger partial charge is 0.374 e. The minimum absolute atomic E-state index is 0.113. The third-order valence-electron chi connectivity index (χ3n) is 2.23. The predicted molar refractivity (Wildman–Crippen MR) is 63.8 cm³/mol. The standard InChI is InChI=1S/C11H19NO2S/c1-8-9(2)15-10(13)12(8)6-7-14-11(3,4)5/h6-7H2,1-5H3. The second kappa shape index (κ2) is 4.49. The van der Waals surface area contributed by atoms with E-state index in [1.807, 2.05) is 34.6 Å². The van der Waals surface area contributed by atoms with Gasteiger partial charge in [0.05, 0.1) is 18.8 Å². The van der Waals surface area contributed by atoms with Crippen molar-refractivity contribution in [2.24, 2.45) is 0 Å². The van der Waals surface area contributed by atoms with Crippen LogP contribution in [0.4, 0.5) is 0 Å². The Morgan fingerprint density at radius 2 is 1.93 bits per heavy atom. The van der Waals surface area contributed by atoms with E-state index in [0.29, 0.717) is 13.2 Å². The number of nitrogens with zero attached hydrogens (tertiary/aromatic N) is 1. The van der Waals surface area contributed by atoms with E-state index in [4.69, 9.17) is 4.74 Å². The molecule has 0 aliphatic carbocycles. The van der Waals surface area contributed by atoms with Gasteiger partial charge in [-0.15, -0.1) is 0 Å². The summed E-state index contributed by atoms with van der Waals surface area (Å²) in [7, 11) is 0. The molecule has 0 saturated heterocycles. The minimum Gasteiger partial charge on any atom is -0.374 e. The molecule has 15 heavy (non-hydrogen) atoms. The van der Waals surface area contributed by atoms with Crippen LogP contribution in [0.1, 0.15) is 31.3 Å². The monoisotopic (exact) mass is 229 g/mol. The smallest absolute Gasteiger partial charge is 0.307 e. The Bertz CT molecular complexity index is 384. The van der Waals surface area contributed by atoms with Crippen LogP contribution in [0.5, 0.6) is 0 Å². The van der Waals surface area contributed by atoms with Gasteiger partial charge < -0.3 is 9.30 Å². The van der Waals surface area contributed by atoms with Crippen LogP contribution in [0.25, 0.3) is 0 Å². The van der Waals surface area contributed by atoms with Gasteiger partial charge in [-0.1, -0.05) is 11.3 Å². The summed E-state index contributed by atoms with van der Waals surface area (Å²) < 4.78 is 7.38. The fourth-order valence-electron chi connectivity index (χ4n) is 1.29. The third kappa shape index (κ3) is 3.47. The fourth-order valence-corrected chi connectivity index (χ4v) is 2.15. The average Bonchev–Trinajstić information content (AvgIpc) is 2.29. The highest BCUT2D eigenvalue weighted by Crippen LogP contribution is 2.10. The topological polar surface area (TPSA) is 31.2 Å². The van der Waals surface area contributed by atoms with E-state index in [0.717, 1.165) is 10.6 Å². The van der Waals surface area contributed by atoms with Gasteiger partial charge in [-0.25, -0.2) is 0 Å².